The van der Waals surface area contributed by atoms with Crippen molar-refractivity contribution in [3.05, 3.63) is 47.5 Å². The molecule has 0 unspecified atom stereocenters. The highest BCUT2D eigenvalue weighted by molar-refractivity contribution is 5.96. The number of phenolic OH excluding ortho intramolecular Hbond substituents is 1. The third kappa shape index (κ3) is 3.25. The molecule has 2 heterocycles. The molecule has 0 saturated carbocycles. The molecule has 2 aromatic carbocycles. The zero-order chi connectivity index (χ0) is 19.4. The van der Waals surface area contributed by atoms with Gasteiger partial charge < -0.3 is 19.3 Å². The highest BCUT2D eigenvalue weighted by Gasteiger charge is 2.37. The van der Waals surface area contributed by atoms with E-state index < -0.39 is 0 Å². The molecule has 2 aliphatic rings. The van der Waals surface area contributed by atoms with Gasteiger partial charge in [0.2, 0.25) is 0 Å². The highest BCUT2D eigenvalue weighted by Crippen LogP contribution is 2.50. The van der Waals surface area contributed by atoms with Crippen LogP contribution in [0.15, 0.2) is 36.4 Å². The van der Waals surface area contributed by atoms with E-state index in [1.165, 1.54) is 11.1 Å². The Hall–Kier alpha value is -2.62. The molecule has 0 aliphatic carbocycles. The fourth-order valence-electron chi connectivity index (χ4n) is 4.06. The Bertz CT molecular complexity index is 937. The lowest BCUT2D eigenvalue weighted by Gasteiger charge is -2.39. The van der Waals surface area contributed by atoms with Crippen LogP contribution in [0, 0.1) is 0 Å². The van der Waals surface area contributed by atoms with Gasteiger partial charge in [-0.25, -0.2) is 0 Å². The Labute approximate surface area is 160 Å². The molecule has 0 bridgehead atoms. The molecule has 0 atom stereocenters. The van der Waals surface area contributed by atoms with E-state index in [0.717, 1.165) is 41.2 Å². The first-order valence-electron chi connectivity index (χ1n) is 9.29. The van der Waals surface area contributed by atoms with E-state index in [9.17, 15) is 5.11 Å². The summed E-state index contributed by atoms with van der Waals surface area (Å²) < 4.78 is 17.8. The molecular formula is C23H26O4. The summed E-state index contributed by atoms with van der Waals surface area (Å²) in [4.78, 5) is 0. The largest absolute Gasteiger partial charge is 0.508 e. The van der Waals surface area contributed by atoms with E-state index in [1.54, 1.807) is 19.2 Å². The van der Waals surface area contributed by atoms with Gasteiger partial charge in [-0.3, -0.25) is 0 Å². The van der Waals surface area contributed by atoms with Crippen LogP contribution in [0.4, 0.5) is 0 Å². The Morgan fingerprint density at radius 1 is 0.815 bits per heavy atom. The zero-order valence-electron chi connectivity index (χ0n) is 16.6. The van der Waals surface area contributed by atoms with Gasteiger partial charge in [-0.05, 0) is 63.1 Å². The quantitative estimate of drug-likeness (QED) is 0.731. The van der Waals surface area contributed by atoms with Gasteiger partial charge >= 0.3 is 0 Å². The lowest BCUT2D eigenvalue weighted by molar-refractivity contribution is 0.102. The van der Waals surface area contributed by atoms with E-state index in [1.807, 2.05) is 18.2 Å². The highest BCUT2D eigenvalue weighted by atomic mass is 16.5. The maximum Gasteiger partial charge on any atom is 0.131 e. The summed E-state index contributed by atoms with van der Waals surface area (Å²) in [5, 5.41) is 9.92. The average Bonchev–Trinajstić information content (AvgIpc) is 2.57. The molecule has 0 saturated heterocycles. The molecule has 4 nitrogen and oxygen atoms in total. The lowest BCUT2D eigenvalue weighted by Crippen LogP contribution is -2.35. The summed E-state index contributed by atoms with van der Waals surface area (Å²) in [6, 6.07) is 11.4. The Balaban J connectivity index is 1.97. The van der Waals surface area contributed by atoms with Crippen molar-refractivity contribution in [1.29, 1.82) is 0 Å². The Kier molecular flexibility index (Phi) is 3.91. The molecule has 0 spiro atoms. The van der Waals surface area contributed by atoms with Crippen molar-refractivity contribution < 1.29 is 19.3 Å². The van der Waals surface area contributed by atoms with Crippen molar-refractivity contribution in [2.75, 3.05) is 7.11 Å². The van der Waals surface area contributed by atoms with Gasteiger partial charge in [-0.2, -0.15) is 0 Å². The van der Waals surface area contributed by atoms with Crippen LogP contribution in [0.25, 0.3) is 11.1 Å². The van der Waals surface area contributed by atoms with Crippen LogP contribution in [0.5, 0.6) is 23.0 Å². The first kappa shape index (κ1) is 17.8. The van der Waals surface area contributed by atoms with Gasteiger partial charge in [0.1, 0.15) is 34.2 Å². The number of ether oxygens (including phenoxy) is 3. The molecule has 2 aromatic rings. The first-order chi connectivity index (χ1) is 12.7. The predicted molar refractivity (Wildman–Crippen MR) is 107 cm³/mol. The van der Waals surface area contributed by atoms with Gasteiger partial charge in [-0.1, -0.05) is 0 Å². The second-order valence-electron chi connectivity index (χ2n) is 8.58. The van der Waals surface area contributed by atoms with E-state index in [4.69, 9.17) is 14.2 Å². The number of fused-ring (bicyclic) bond motifs is 2. The summed E-state index contributed by atoms with van der Waals surface area (Å²) >= 11 is 0. The Morgan fingerprint density at radius 3 is 1.89 bits per heavy atom. The molecular weight excluding hydrogens is 340 g/mol. The minimum atomic E-state index is -0.349. The van der Waals surface area contributed by atoms with E-state index in [2.05, 4.69) is 33.8 Å². The minimum absolute atomic E-state index is 0.216. The van der Waals surface area contributed by atoms with Crippen LogP contribution in [0.3, 0.4) is 0 Å². The number of phenols is 1. The molecule has 4 heteroatoms. The second-order valence-corrected chi connectivity index (χ2v) is 8.58. The molecule has 1 N–H and O–H groups in total. The van der Waals surface area contributed by atoms with Gasteiger partial charge in [0.05, 0.1) is 7.11 Å². The number of methoxy groups -OCH3 is 1. The lowest BCUT2D eigenvalue weighted by atomic mass is 9.79. The number of rotatable bonds is 1. The molecule has 2 aliphatic heterocycles. The standard InChI is InChI=1S/C23H26O4/c1-22(2)12-18(16-8-6-14(24)10-20(16)26-22)19-13-23(3,4)27-21-11-15(25-5)7-9-17(19)21/h6-11,24H,12-13H2,1-5H3/b19-18+. The molecule has 142 valence electrons. The minimum Gasteiger partial charge on any atom is -0.508 e. The van der Waals surface area contributed by atoms with Crippen molar-refractivity contribution in [1.82, 2.24) is 0 Å². The van der Waals surface area contributed by atoms with E-state index in [-0.39, 0.29) is 17.0 Å². The van der Waals surface area contributed by atoms with Crippen LogP contribution < -0.4 is 14.2 Å². The topological polar surface area (TPSA) is 47.9 Å². The zero-order valence-corrected chi connectivity index (χ0v) is 16.6. The third-order valence-corrected chi connectivity index (χ3v) is 5.15. The molecule has 27 heavy (non-hydrogen) atoms. The smallest absolute Gasteiger partial charge is 0.131 e. The predicted octanol–water partition coefficient (Wildman–Crippen LogP) is 5.43. The van der Waals surface area contributed by atoms with E-state index >= 15 is 0 Å². The summed E-state index contributed by atoms with van der Waals surface area (Å²) in [6.07, 6.45) is 1.60. The van der Waals surface area contributed by atoms with Crippen LogP contribution >= 0.6 is 0 Å². The summed E-state index contributed by atoms with van der Waals surface area (Å²) in [7, 11) is 1.67. The molecule has 4 rings (SSSR count). The van der Waals surface area contributed by atoms with Crippen LogP contribution in [-0.2, 0) is 0 Å². The van der Waals surface area contributed by atoms with Crippen molar-refractivity contribution in [2.45, 2.75) is 51.7 Å². The van der Waals surface area contributed by atoms with Gasteiger partial charge in [-0.15, -0.1) is 0 Å². The number of hydrogen-bond donors (Lipinski definition) is 1. The van der Waals surface area contributed by atoms with Crippen LogP contribution in [-0.4, -0.2) is 23.4 Å². The van der Waals surface area contributed by atoms with Gasteiger partial charge in [0.15, 0.2) is 0 Å². The fourth-order valence-corrected chi connectivity index (χ4v) is 4.06. The number of aromatic hydroxyl groups is 1. The van der Waals surface area contributed by atoms with Gasteiger partial charge in [0.25, 0.3) is 0 Å². The number of hydrogen-bond acceptors (Lipinski definition) is 4. The molecule has 0 fully saturated rings. The van der Waals surface area contributed by atoms with E-state index in [0.29, 0.717) is 0 Å². The maximum absolute atomic E-state index is 9.92. The monoisotopic (exact) mass is 366 g/mol. The van der Waals surface area contributed by atoms with Crippen LogP contribution in [0.1, 0.15) is 51.7 Å². The number of benzene rings is 2. The summed E-state index contributed by atoms with van der Waals surface area (Å²) in [5.74, 6) is 2.58. The normalized spacial score (nSPS) is 22.1. The van der Waals surface area contributed by atoms with Crippen molar-refractivity contribution >= 4 is 11.1 Å². The van der Waals surface area contributed by atoms with Crippen molar-refractivity contribution in [3.8, 4) is 23.0 Å². The third-order valence-electron chi connectivity index (χ3n) is 5.15. The fraction of sp³-hybridized carbons (Fsp3) is 0.391. The van der Waals surface area contributed by atoms with Gasteiger partial charge in [0, 0.05) is 36.1 Å². The second kappa shape index (κ2) is 5.95. The van der Waals surface area contributed by atoms with Crippen molar-refractivity contribution in [2.24, 2.45) is 0 Å². The molecule has 0 amide bonds. The molecule has 0 aromatic heterocycles. The maximum atomic E-state index is 9.92. The SMILES string of the molecule is COc1ccc2c(c1)OC(C)(C)C/C2=C1/CC(C)(C)Oc2cc(O)ccc21. The average molecular weight is 366 g/mol. The molecule has 0 radical (unpaired) electrons. The summed E-state index contributed by atoms with van der Waals surface area (Å²) in [6.45, 7) is 8.39. The Morgan fingerprint density at radius 2 is 1.33 bits per heavy atom. The summed E-state index contributed by atoms with van der Waals surface area (Å²) in [5.41, 5.74) is 4.00. The van der Waals surface area contributed by atoms with Crippen LogP contribution in [0.2, 0.25) is 0 Å². The first-order valence-corrected chi connectivity index (χ1v) is 9.29. The van der Waals surface area contributed by atoms with Crippen molar-refractivity contribution in [3.63, 3.8) is 0 Å².